The first-order valence-electron chi connectivity index (χ1n) is 6.27. The summed E-state index contributed by atoms with van der Waals surface area (Å²) in [6.45, 7) is 2.06. The van der Waals surface area contributed by atoms with Gasteiger partial charge in [0, 0.05) is 28.8 Å². The van der Waals surface area contributed by atoms with Crippen LogP contribution >= 0.6 is 11.8 Å². The number of carbonyl (C=O) groups excluding carboxylic acids is 1. The first-order chi connectivity index (χ1) is 9.61. The second-order valence-electron chi connectivity index (χ2n) is 4.45. The van der Waals surface area contributed by atoms with Gasteiger partial charge in [-0.05, 0) is 25.1 Å². The normalized spacial score (nSPS) is 12.8. The summed E-state index contributed by atoms with van der Waals surface area (Å²) in [5.41, 5.74) is 2.71. The Kier molecular flexibility index (Phi) is 3.25. The minimum absolute atomic E-state index is 0.295. The molecule has 2 heterocycles. The van der Waals surface area contributed by atoms with Crippen LogP contribution in [0.4, 0.5) is 4.39 Å². The summed E-state index contributed by atoms with van der Waals surface area (Å²) in [5.74, 6) is -0.0865. The number of esters is 1. The van der Waals surface area contributed by atoms with Crippen LogP contribution in [0.25, 0.3) is 11.3 Å². The van der Waals surface area contributed by atoms with Crippen molar-refractivity contribution >= 4 is 17.7 Å². The molecule has 3 rings (SSSR count). The Hall–Kier alpha value is -1.82. The number of carbonyl (C=O) groups is 1. The molecule has 0 atom stereocenters. The quantitative estimate of drug-likeness (QED) is 0.798. The third-order valence-electron chi connectivity index (χ3n) is 3.18. The maximum Gasteiger partial charge on any atom is 0.359 e. The van der Waals surface area contributed by atoms with Gasteiger partial charge in [0.25, 0.3) is 0 Å². The molecule has 1 aliphatic heterocycles. The van der Waals surface area contributed by atoms with Gasteiger partial charge >= 0.3 is 5.97 Å². The van der Waals surface area contributed by atoms with Crippen LogP contribution in [0.1, 0.15) is 23.0 Å². The lowest BCUT2D eigenvalue weighted by atomic mass is 10.1. The molecule has 0 bridgehead atoms. The molecule has 104 valence electrons. The number of nitrogens with zero attached hydrogens (tertiary/aromatic N) is 2. The molecule has 4 nitrogen and oxygen atoms in total. The molecule has 0 saturated carbocycles. The molecular formula is C14H13FN2O2S. The summed E-state index contributed by atoms with van der Waals surface area (Å²) < 4.78 is 20.1. The lowest BCUT2D eigenvalue weighted by molar-refractivity contribution is 0.0517. The fourth-order valence-corrected chi connectivity index (χ4v) is 3.42. The zero-order chi connectivity index (χ0) is 14.3. The molecule has 0 amide bonds. The van der Waals surface area contributed by atoms with Gasteiger partial charge in [0.15, 0.2) is 5.69 Å². The van der Waals surface area contributed by atoms with Gasteiger partial charge in [0.2, 0.25) is 0 Å². The number of thioether (sulfide) groups is 1. The van der Waals surface area contributed by atoms with E-state index >= 15 is 0 Å². The summed E-state index contributed by atoms with van der Waals surface area (Å²) in [4.78, 5) is 12.9. The molecule has 1 aromatic carbocycles. The van der Waals surface area contributed by atoms with E-state index in [-0.39, 0.29) is 5.82 Å². The van der Waals surface area contributed by atoms with Crippen LogP contribution in [0.3, 0.4) is 0 Å². The summed E-state index contributed by atoms with van der Waals surface area (Å²) in [7, 11) is 1.76. The van der Waals surface area contributed by atoms with Crippen LogP contribution in [-0.4, -0.2) is 22.4 Å². The highest BCUT2D eigenvalue weighted by Gasteiger charge is 2.28. The van der Waals surface area contributed by atoms with E-state index in [1.165, 1.54) is 12.1 Å². The fourth-order valence-electron chi connectivity index (χ4n) is 2.37. The predicted molar refractivity (Wildman–Crippen MR) is 74.1 cm³/mol. The SMILES string of the molecule is CCOC(=O)c1nn(C)c2c1CSc1ccc(F)cc1-2. The molecule has 0 spiro atoms. The number of rotatable bonds is 2. The van der Waals surface area contributed by atoms with Gasteiger partial charge < -0.3 is 4.74 Å². The Labute approximate surface area is 119 Å². The Morgan fingerprint density at radius 1 is 1.55 bits per heavy atom. The van der Waals surface area contributed by atoms with Crippen LogP contribution in [-0.2, 0) is 17.5 Å². The summed E-state index contributed by atoms with van der Waals surface area (Å²) in [6.07, 6.45) is 0. The number of hydrogen-bond donors (Lipinski definition) is 0. The van der Waals surface area contributed by atoms with E-state index in [0.29, 0.717) is 18.1 Å². The number of ether oxygens (including phenoxy) is 1. The lowest BCUT2D eigenvalue weighted by Crippen LogP contribution is -2.08. The van der Waals surface area contributed by atoms with Crippen LogP contribution in [0.15, 0.2) is 23.1 Å². The van der Waals surface area contributed by atoms with Crippen molar-refractivity contribution in [2.45, 2.75) is 17.6 Å². The third-order valence-corrected chi connectivity index (χ3v) is 4.28. The molecule has 0 aliphatic carbocycles. The number of fused-ring (bicyclic) bond motifs is 3. The van der Waals surface area contributed by atoms with Gasteiger partial charge in [0.05, 0.1) is 12.3 Å². The molecule has 0 fully saturated rings. The molecule has 1 aromatic heterocycles. The molecule has 0 radical (unpaired) electrons. The maximum absolute atomic E-state index is 13.5. The number of halogens is 1. The van der Waals surface area contributed by atoms with Crippen molar-refractivity contribution in [1.82, 2.24) is 9.78 Å². The standard InChI is InChI=1S/C14H13FN2O2S/c1-3-19-14(18)12-10-7-20-11-5-4-8(15)6-9(11)13(10)17(2)16-12/h4-6H,3,7H2,1-2H3. The number of hydrogen-bond acceptors (Lipinski definition) is 4. The van der Waals surface area contributed by atoms with Gasteiger partial charge in [-0.3, -0.25) is 4.68 Å². The fraction of sp³-hybridized carbons (Fsp3) is 0.286. The highest BCUT2D eigenvalue weighted by molar-refractivity contribution is 7.98. The van der Waals surface area contributed by atoms with Crippen molar-refractivity contribution in [3.05, 3.63) is 35.3 Å². The van der Waals surface area contributed by atoms with Crippen molar-refractivity contribution in [2.24, 2.45) is 7.05 Å². The minimum atomic E-state index is -0.426. The predicted octanol–water partition coefficient (Wildman–Crippen LogP) is 3.01. The van der Waals surface area contributed by atoms with Gasteiger partial charge in [-0.2, -0.15) is 5.10 Å². The zero-order valence-corrected chi connectivity index (χ0v) is 12.0. The molecule has 0 unspecified atom stereocenters. The van der Waals surface area contributed by atoms with Crippen molar-refractivity contribution in [1.29, 1.82) is 0 Å². The summed E-state index contributed by atoms with van der Waals surface area (Å²) in [6, 6.07) is 4.69. The van der Waals surface area contributed by atoms with Gasteiger partial charge in [-0.1, -0.05) is 0 Å². The third kappa shape index (κ3) is 2.00. The Morgan fingerprint density at radius 3 is 3.10 bits per heavy atom. The topological polar surface area (TPSA) is 44.1 Å². The van der Waals surface area contributed by atoms with E-state index in [1.54, 1.807) is 36.5 Å². The van der Waals surface area contributed by atoms with E-state index in [4.69, 9.17) is 4.74 Å². The van der Waals surface area contributed by atoms with Crippen molar-refractivity contribution in [2.75, 3.05) is 6.61 Å². The molecule has 20 heavy (non-hydrogen) atoms. The highest BCUT2D eigenvalue weighted by atomic mass is 32.2. The van der Waals surface area contributed by atoms with Gasteiger partial charge in [0.1, 0.15) is 5.82 Å². The van der Waals surface area contributed by atoms with Crippen LogP contribution < -0.4 is 0 Å². The average Bonchev–Trinajstić information content (AvgIpc) is 2.77. The smallest absolute Gasteiger partial charge is 0.359 e. The van der Waals surface area contributed by atoms with E-state index in [0.717, 1.165) is 21.7 Å². The Bertz CT molecular complexity index is 697. The zero-order valence-electron chi connectivity index (χ0n) is 11.1. The van der Waals surface area contributed by atoms with Crippen LogP contribution in [0.5, 0.6) is 0 Å². The largest absolute Gasteiger partial charge is 0.461 e. The van der Waals surface area contributed by atoms with E-state index < -0.39 is 5.97 Å². The van der Waals surface area contributed by atoms with Crippen molar-refractivity contribution < 1.29 is 13.9 Å². The molecule has 0 saturated heterocycles. The van der Waals surface area contributed by atoms with Crippen LogP contribution in [0, 0.1) is 5.82 Å². The average molecular weight is 292 g/mol. The maximum atomic E-state index is 13.5. The van der Waals surface area contributed by atoms with Gasteiger partial charge in [-0.25, -0.2) is 9.18 Å². The number of benzene rings is 1. The second-order valence-corrected chi connectivity index (χ2v) is 5.47. The molecule has 1 aliphatic rings. The summed E-state index contributed by atoms with van der Waals surface area (Å²) in [5, 5.41) is 4.25. The Balaban J connectivity index is 2.16. The van der Waals surface area contributed by atoms with E-state index in [9.17, 15) is 9.18 Å². The molecule has 6 heteroatoms. The summed E-state index contributed by atoms with van der Waals surface area (Å²) >= 11 is 1.58. The number of aryl methyl sites for hydroxylation is 1. The molecule has 0 N–H and O–H groups in total. The monoisotopic (exact) mass is 292 g/mol. The Morgan fingerprint density at radius 2 is 2.35 bits per heavy atom. The highest BCUT2D eigenvalue weighted by Crippen LogP contribution is 2.42. The second kappa shape index (κ2) is 4.94. The van der Waals surface area contributed by atoms with Crippen molar-refractivity contribution in [3.8, 4) is 11.3 Å². The first kappa shape index (κ1) is 13.2. The lowest BCUT2D eigenvalue weighted by Gasteiger charge is -2.17. The van der Waals surface area contributed by atoms with Gasteiger partial charge in [-0.15, -0.1) is 11.8 Å². The number of aromatic nitrogens is 2. The minimum Gasteiger partial charge on any atom is -0.461 e. The molecule has 2 aromatic rings. The molecular weight excluding hydrogens is 279 g/mol. The van der Waals surface area contributed by atoms with E-state index in [1.807, 2.05) is 0 Å². The van der Waals surface area contributed by atoms with Crippen molar-refractivity contribution in [3.63, 3.8) is 0 Å². The van der Waals surface area contributed by atoms with E-state index in [2.05, 4.69) is 5.10 Å². The first-order valence-corrected chi connectivity index (χ1v) is 7.26. The van der Waals surface area contributed by atoms with Crippen LogP contribution in [0.2, 0.25) is 0 Å².